The minimum absolute atomic E-state index is 0.374. The van der Waals surface area contributed by atoms with Gasteiger partial charge in [0.2, 0.25) is 0 Å². The van der Waals surface area contributed by atoms with Crippen molar-refractivity contribution in [1.82, 2.24) is 9.55 Å². The molecule has 6 heteroatoms. The van der Waals surface area contributed by atoms with Crippen LogP contribution in [-0.4, -0.2) is 39.1 Å². The maximum Gasteiger partial charge on any atom is 0.151 e. The van der Waals surface area contributed by atoms with Gasteiger partial charge in [0.15, 0.2) is 6.29 Å². The maximum absolute atomic E-state index is 9.30. The van der Waals surface area contributed by atoms with Gasteiger partial charge in [0.05, 0.1) is 5.69 Å². The Bertz CT molecular complexity index is 1060. The van der Waals surface area contributed by atoms with E-state index in [2.05, 4.69) is 77.5 Å². The molecule has 0 radical (unpaired) electrons. The molecule has 1 saturated heterocycles. The summed E-state index contributed by atoms with van der Waals surface area (Å²) < 4.78 is 3.34. The van der Waals surface area contributed by atoms with E-state index >= 15 is 0 Å². The SMILES string of the molecule is Cc1cc(N2CCC(CC(O)O)CC2)c2c(C)cn(-c3c(C)cc(Br)cc3C)c2n1. The fourth-order valence-electron chi connectivity index (χ4n) is 4.92. The average Bonchev–Trinajstić information content (AvgIpc) is 2.96. The lowest BCUT2D eigenvalue weighted by molar-refractivity contribution is -0.0577. The fourth-order valence-corrected chi connectivity index (χ4v) is 5.61. The van der Waals surface area contributed by atoms with E-state index in [1.165, 1.54) is 33.5 Å². The van der Waals surface area contributed by atoms with Crippen molar-refractivity contribution in [2.75, 3.05) is 18.0 Å². The summed E-state index contributed by atoms with van der Waals surface area (Å²) in [5.41, 5.74) is 8.10. The van der Waals surface area contributed by atoms with Crippen LogP contribution in [0.4, 0.5) is 5.69 Å². The van der Waals surface area contributed by atoms with Gasteiger partial charge in [-0.15, -0.1) is 0 Å². The van der Waals surface area contributed by atoms with E-state index in [9.17, 15) is 10.2 Å². The molecule has 0 saturated carbocycles. The number of piperidine rings is 1. The number of aryl methyl sites for hydroxylation is 4. The lowest BCUT2D eigenvalue weighted by Crippen LogP contribution is -2.35. The second-order valence-corrected chi connectivity index (χ2v) is 9.61. The van der Waals surface area contributed by atoms with E-state index in [0.717, 1.165) is 41.7 Å². The number of hydrogen-bond acceptors (Lipinski definition) is 4. The molecule has 3 heterocycles. The lowest BCUT2D eigenvalue weighted by atomic mass is 9.93. The average molecular weight is 472 g/mol. The standard InChI is InChI=1S/C24H30BrN3O2/c1-14-9-19(25)10-15(2)23(14)28-13-16(3)22-20(11-17(4)26-24(22)28)27-7-5-18(6-8-27)12-21(29)30/h9-11,13,18,21,29-30H,5-8,12H2,1-4H3. The molecule has 0 amide bonds. The van der Waals surface area contributed by atoms with E-state index < -0.39 is 6.29 Å². The zero-order valence-electron chi connectivity index (χ0n) is 18.1. The lowest BCUT2D eigenvalue weighted by Gasteiger charge is -2.34. The number of halogens is 1. The molecule has 1 aliphatic heterocycles. The number of hydrogen-bond donors (Lipinski definition) is 2. The monoisotopic (exact) mass is 471 g/mol. The number of aromatic nitrogens is 2. The van der Waals surface area contributed by atoms with Gasteiger partial charge in [-0.2, -0.15) is 0 Å². The van der Waals surface area contributed by atoms with E-state index in [-0.39, 0.29) is 0 Å². The number of pyridine rings is 1. The molecule has 0 atom stereocenters. The first-order valence-electron chi connectivity index (χ1n) is 10.6. The molecule has 3 aromatic rings. The van der Waals surface area contributed by atoms with Crippen molar-refractivity contribution < 1.29 is 10.2 Å². The Morgan fingerprint density at radius 3 is 2.27 bits per heavy atom. The molecular formula is C24H30BrN3O2. The third-order valence-corrected chi connectivity index (χ3v) is 6.71. The van der Waals surface area contributed by atoms with Crippen molar-refractivity contribution in [2.45, 2.75) is 53.2 Å². The van der Waals surface area contributed by atoms with E-state index in [4.69, 9.17) is 4.98 Å². The number of nitrogens with zero attached hydrogens (tertiary/aromatic N) is 3. The van der Waals surface area contributed by atoms with Crippen LogP contribution in [0.1, 0.15) is 41.6 Å². The molecule has 2 aromatic heterocycles. The normalized spacial score (nSPS) is 15.5. The van der Waals surface area contributed by atoms with Gasteiger partial charge in [-0.1, -0.05) is 15.9 Å². The van der Waals surface area contributed by atoms with E-state index in [0.29, 0.717) is 12.3 Å². The van der Waals surface area contributed by atoms with Gasteiger partial charge in [0, 0.05) is 46.9 Å². The van der Waals surface area contributed by atoms with Gasteiger partial charge in [-0.25, -0.2) is 4.98 Å². The predicted molar refractivity (Wildman–Crippen MR) is 125 cm³/mol. The molecule has 0 unspecified atom stereocenters. The highest BCUT2D eigenvalue weighted by Gasteiger charge is 2.24. The van der Waals surface area contributed by atoms with Crippen molar-refractivity contribution in [2.24, 2.45) is 5.92 Å². The molecule has 0 aliphatic carbocycles. The van der Waals surface area contributed by atoms with E-state index in [1.807, 2.05) is 0 Å². The summed E-state index contributed by atoms with van der Waals surface area (Å²) in [4.78, 5) is 7.39. The largest absolute Gasteiger partial charge is 0.371 e. The highest BCUT2D eigenvalue weighted by atomic mass is 79.9. The Balaban J connectivity index is 1.78. The number of aliphatic hydroxyl groups is 2. The van der Waals surface area contributed by atoms with Gasteiger partial charge in [-0.05, 0) is 81.3 Å². The summed E-state index contributed by atoms with van der Waals surface area (Å²) in [6.07, 6.45) is 3.43. The summed E-state index contributed by atoms with van der Waals surface area (Å²) in [7, 11) is 0. The summed E-state index contributed by atoms with van der Waals surface area (Å²) >= 11 is 3.61. The van der Waals surface area contributed by atoms with E-state index in [1.54, 1.807) is 0 Å². The van der Waals surface area contributed by atoms with Gasteiger partial charge >= 0.3 is 0 Å². The van der Waals surface area contributed by atoms with Gasteiger partial charge in [0.25, 0.3) is 0 Å². The molecule has 30 heavy (non-hydrogen) atoms. The zero-order chi connectivity index (χ0) is 21.6. The van der Waals surface area contributed by atoms with Gasteiger partial charge in [-0.3, -0.25) is 0 Å². The smallest absolute Gasteiger partial charge is 0.151 e. The molecule has 5 nitrogen and oxygen atoms in total. The quantitative estimate of drug-likeness (QED) is 0.529. The van der Waals surface area contributed by atoms with Crippen LogP contribution in [0.25, 0.3) is 16.7 Å². The van der Waals surface area contributed by atoms with Crippen LogP contribution in [0, 0.1) is 33.6 Å². The molecule has 160 valence electrons. The third kappa shape index (κ3) is 4.01. The van der Waals surface area contributed by atoms with Crippen LogP contribution in [-0.2, 0) is 0 Å². The van der Waals surface area contributed by atoms with Crippen LogP contribution >= 0.6 is 15.9 Å². The van der Waals surface area contributed by atoms with Crippen molar-refractivity contribution in [3.05, 3.63) is 51.3 Å². The minimum atomic E-state index is -1.20. The Hall–Kier alpha value is -1.89. The number of aliphatic hydroxyl groups excluding tert-OH is 1. The first-order chi connectivity index (χ1) is 14.2. The second-order valence-electron chi connectivity index (χ2n) is 8.70. The summed E-state index contributed by atoms with van der Waals surface area (Å²) in [5, 5.41) is 19.8. The zero-order valence-corrected chi connectivity index (χ0v) is 19.7. The van der Waals surface area contributed by atoms with Crippen molar-refractivity contribution in [1.29, 1.82) is 0 Å². The molecule has 2 N–H and O–H groups in total. The fraction of sp³-hybridized carbons (Fsp3) is 0.458. The predicted octanol–water partition coefficient (Wildman–Crippen LogP) is 4.94. The van der Waals surface area contributed by atoms with Crippen LogP contribution < -0.4 is 4.90 Å². The molecule has 4 rings (SSSR count). The van der Waals surface area contributed by atoms with Crippen LogP contribution in [0.3, 0.4) is 0 Å². The van der Waals surface area contributed by atoms with Crippen LogP contribution in [0.2, 0.25) is 0 Å². The van der Waals surface area contributed by atoms with Gasteiger partial charge in [0.1, 0.15) is 5.65 Å². The molecule has 1 fully saturated rings. The molecular weight excluding hydrogens is 442 g/mol. The first kappa shape index (κ1) is 21.3. The molecule has 0 bridgehead atoms. The van der Waals surface area contributed by atoms with Gasteiger partial charge < -0.3 is 19.7 Å². The van der Waals surface area contributed by atoms with Crippen molar-refractivity contribution in [3.8, 4) is 5.69 Å². The minimum Gasteiger partial charge on any atom is -0.371 e. The maximum atomic E-state index is 9.30. The Morgan fingerprint density at radius 2 is 1.67 bits per heavy atom. The number of rotatable bonds is 4. The molecule has 1 aromatic carbocycles. The number of anilines is 1. The molecule has 0 spiro atoms. The summed E-state index contributed by atoms with van der Waals surface area (Å²) in [6, 6.07) is 6.50. The van der Waals surface area contributed by atoms with Crippen LogP contribution in [0.15, 0.2) is 28.9 Å². The highest BCUT2D eigenvalue weighted by Crippen LogP contribution is 2.36. The molecule has 1 aliphatic rings. The third-order valence-electron chi connectivity index (χ3n) is 6.25. The second kappa shape index (κ2) is 8.33. The van der Waals surface area contributed by atoms with Crippen LogP contribution in [0.5, 0.6) is 0 Å². The topological polar surface area (TPSA) is 61.5 Å². The number of fused-ring (bicyclic) bond motifs is 1. The highest BCUT2D eigenvalue weighted by molar-refractivity contribution is 9.10. The van der Waals surface area contributed by atoms with Crippen molar-refractivity contribution >= 4 is 32.7 Å². The Labute approximate surface area is 186 Å². The first-order valence-corrected chi connectivity index (χ1v) is 11.4. The Morgan fingerprint density at radius 1 is 1.03 bits per heavy atom. The summed E-state index contributed by atoms with van der Waals surface area (Å²) in [6.45, 7) is 10.4. The summed E-state index contributed by atoms with van der Waals surface area (Å²) in [5.74, 6) is 0.374. The number of benzene rings is 1. The Kier molecular flexibility index (Phi) is 5.93. The van der Waals surface area contributed by atoms with Crippen molar-refractivity contribution in [3.63, 3.8) is 0 Å².